The maximum Gasteiger partial charge on any atom is 0.280 e. The van der Waals surface area contributed by atoms with Crippen LogP contribution in [0.1, 0.15) is 22.5 Å². The largest absolute Gasteiger partial charge is 0.295 e. The maximum atomic E-state index is 12.9. The predicted molar refractivity (Wildman–Crippen MR) is 151 cm³/mol. The highest BCUT2D eigenvalue weighted by Crippen LogP contribution is 2.17. The zero-order valence-electron chi connectivity index (χ0n) is 20.3. The van der Waals surface area contributed by atoms with E-state index in [4.69, 9.17) is 23.2 Å². The fourth-order valence-corrected chi connectivity index (χ4v) is 4.04. The Labute approximate surface area is 226 Å². The fraction of sp³-hybridized carbons (Fsp3) is 0.0741. The van der Waals surface area contributed by atoms with Gasteiger partial charge in [-0.2, -0.15) is 0 Å². The lowest BCUT2D eigenvalue weighted by molar-refractivity contribution is 0.835. The van der Waals surface area contributed by atoms with E-state index in [0.717, 1.165) is 0 Å². The van der Waals surface area contributed by atoms with Crippen LogP contribution in [0.4, 0.5) is 11.6 Å². The van der Waals surface area contributed by atoms with Crippen molar-refractivity contribution in [2.75, 3.05) is 0 Å². The summed E-state index contributed by atoms with van der Waals surface area (Å²) in [5, 5.41) is 7.26. The monoisotopic (exact) mass is 545 g/mol. The summed E-state index contributed by atoms with van der Waals surface area (Å²) in [6.45, 7) is 3.58. The first-order valence-electron chi connectivity index (χ1n) is 11.5. The molecule has 5 aromatic rings. The topological polar surface area (TPSA) is 113 Å². The molecule has 2 N–H and O–H groups in total. The molecule has 3 heterocycles. The highest BCUT2D eigenvalue weighted by Gasteiger charge is 2.12. The highest BCUT2D eigenvalue weighted by molar-refractivity contribution is 6.30. The number of hydrogen-bond donors (Lipinski definition) is 2. The normalized spacial score (nSPS) is 11.7. The number of aromatic amines is 2. The smallest absolute Gasteiger partial charge is 0.280 e. The Morgan fingerprint density at radius 2 is 1.08 bits per heavy atom. The summed E-state index contributed by atoms with van der Waals surface area (Å²) in [7, 11) is 0. The summed E-state index contributed by atoms with van der Waals surface area (Å²) in [5.41, 5.74) is 2.94. The molecule has 190 valence electrons. The molecule has 0 unspecified atom stereocenters. The second-order valence-corrected chi connectivity index (χ2v) is 9.28. The molecule has 0 atom stereocenters. The van der Waals surface area contributed by atoms with Crippen LogP contribution in [0.15, 0.2) is 86.3 Å². The number of aryl methyl sites for hydroxylation is 2. The van der Waals surface area contributed by atoms with Crippen LogP contribution >= 0.6 is 23.2 Å². The van der Waals surface area contributed by atoms with E-state index >= 15 is 0 Å². The minimum atomic E-state index is -0.248. The van der Waals surface area contributed by atoms with Crippen molar-refractivity contribution in [2.45, 2.75) is 13.8 Å². The number of aromatic nitrogens is 5. The molecular weight excluding hydrogens is 525 g/mol. The lowest BCUT2D eigenvalue weighted by Crippen LogP contribution is -2.17. The van der Waals surface area contributed by atoms with Crippen LogP contribution in [-0.2, 0) is 0 Å². The van der Waals surface area contributed by atoms with E-state index in [2.05, 4.69) is 25.2 Å². The Kier molecular flexibility index (Phi) is 6.95. The van der Waals surface area contributed by atoms with Crippen molar-refractivity contribution >= 4 is 47.3 Å². The summed E-state index contributed by atoms with van der Waals surface area (Å²) in [6.07, 6.45) is 2.94. The van der Waals surface area contributed by atoms with Gasteiger partial charge >= 0.3 is 0 Å². The van der Waals surface area contributed by atoms with Crippen LogP contribution in [0.2, 0.25) is 10.0 Å². The third-order valence-electron chi connectivity index (χ3n) is 5.78. The zero-order chi connectivity index (χ0) is 26.8. The number of nitrogens with one attached hydrogen (secondary N) is 2. The van der Waals surface area contributed by atoms with Crippen LogP contribution in [0.25, 0.3) is 11.4 Å². The van der Waals surface area contributed by atoms with Crippen LogP contribution in [0.5, 0.6) is 0 Å². The van der Waals surface area contributed by atoms with Gasteiger partial charge in [-0.15, -0.1) is 0 Å². The second kappa shape index (κ2) is 10.5. The Hall–Kier alpha value is -4.47. The minimum Gasteiger partial charge on any atom is -0.295 e. The van der Waals surface area contributed by atoms with Gasteiger partial charge in [0.05, 0.1) is 22.5 Å². The Morgan fingerprint density at radius 3 is 1.47 bits per heavy atom. The van der Waals surface area contributed by atoms with Crippen molar-refractivity contribution in [1.82, 2.24) is 24.5 Å². The molecule has 11 heteroatoms. The van der Waals surface area contributed by atoms with E-state index in [-0.39, 0.29) is 11.1 Å². The van der Waals surface area contributed by atoms with Gasteiger partial charge in [-0.25, -0.2) is 24.3 Å². The van der Waals surface area contributed by atoms with Gasteiger partial charge in [0.25, 0.3) is 11.1 Å². The molecular formula is C27H21Cl2N7O2. The number of halogens is 2. The Morgan fingerprint density at radius 1 is 0.684 bits per heavy atom. The van der Waals surface area contributed by atoms with Crippen molar-refractivity contribution in [3.05, 3.63) is 120 Å². The molecule has 0 aliphatic carbocycles. The van der Waals surface area contributed by atoms with Crippen molar-refractivity contribution in [3.8, 4) is 11.4 Å². The number of hydrogen-bond acceptors (Lipinski definition) is 5. The third-order valence-corrected chi connectivity index (χ3v) is 6.28. The lowest BCUT2D eigenvalue weighted by atomic mass is 10.3. The standard InChI is InChI=1S/C27H21Cl2N7O2/c1-16-22(26(37)35(33-16)20-10-6-18(28)7-11-20)14-30-24-4-3-5-25(32-24)31-15-23-17(2)34-36(27(23)38)21-12-8-19(29)9-13-21/h3-15,33-34H,1-2H3/b30-14+,31-15?. The molecule has 38 heavy (non-hydrogen) atoms. The molecule has 0 radical (unpaired) electrons. The first kappa shape index (κ1) is 25.2. The van der Waals surface area contributed by atoms with E-state index in [1.807, 2.05) is 0 Å². The fourth-order valence-electron chi connectivity index (χ4n) is 3.78. The molecule has 0 fully saturated rings. The number of pyridine rings is 1. The molecule has 0 saturated heterocycles. The number of rotatable bonds is 6. The summed E-state index contributed by atoms with van der Waals surface area (Å²) in [4.78, 5) is 39.0. The molecule has 0 aliphatic heterocycles. The van der Waals surface area contributed by atoms with Crippen LogP contribution in [0, 0.1) is 13.8 Å². The number of benzene rings is 2. The summed E-state index contributed by atoms with van der Waals surface area (Å²) < 4.78 is 2.86. The van der Waals surface area contributed by atoms with Gasteiger partial charge in [-0.1, -0.05) is 29.3 Å². The molecule has 2 aromatic carbocycles. The molecule has 3 aromatic heterocycles. The van der Waals surface area contributed by atoms with Gasteiger partial charge in [0.1, 0.15) is 0 Å². The first-order chi connectivity index (χ1) is 18.3. The molecule has 0 saturated carbocycles. The average Bonchev–Trinajstić information content (AvgIpc) is 3.36. The van der Waals surface area contributed by atoms with Gasteiger partial charge in [0, 0.05) is 33.9 Å². The summed E-state index contributed by atoms with van der Waals surface area (Å²) in [6, 6.07) is 19.0. The minimum absolute atomic E-state index is 0.248. The number of H-pyrrole nitrogens is 2. The van der Waals surface area contributed by atoms with E-state index in [1.165, 1.54) is 21.8 Å². The van der Waals surface area contributed by atoms with E-state index in [9.17, 15) is 9.59 Å². The van der Waals surface area contributed by atoms with Gasteiger partial charge in [0.2, 0.25) is 0 Å². The average molecular weight is 546 g/mol. The van der Waals surface area contributed by atoms with Crippen LogP contribution in [0.3, 0.4) is 0 Å². The Bertz CT molecular complexity index is 1660. The second-order valence-electron chi connectivity index (χ2n) is 8.41. The highest BCUT2D eigenvalue weighted by atomic mass is 35.5. The van der Waals surface area contributed by atoms with Crippen molar-refractivity contribution in [1.29, 1.82) is 0 Å². The maximum absolute atomic E-state index is 12.9. The summed E-state index contributed by atoms with van der Waals surface area (Å²) in [5.74, 6) is 0.726. The molecule has 5 rings (SSSR count). The summed E-state index contributed by atoms with van der Waals surface area (Å²) >= 11 is 11.9. The van der Waals surface area contributed by atoms with Crippen molar-refractivity contribution < 1.29 is 0 Å². The van der Waals surface area contributed by atoms with Gasteiger partial charge in [-0.05, 0) is 74.5 Å². The van der Waals surface area contributed by atoms with Crippen molar-refractivity contribution in [3.63, 3.8) is 0 Å². The molecule has 0 aliphatic rings. The number of aliphatic imine (C=N–C) groups is 2. The zero-order valence-corrected chi connectivity index (χ0v) is 21.8. The van der Waals surface area contributed by atoms with Gasteiger partial charge in [-0.3, -0.25) is 19.8 Å². The van der Waals surface area contributed by atoms with Gasteiger partial charge < -0.3 is 0 Å². The SMILES string of the molecule is Cc1[nH]n(-c2ccc(Cl)cc2)c(=O)c1C=Nc1cccc(/N=C/c2c(C)[nH]n(-c3ccc(Cl)cc3)c2=O)n1. The van der Waals surface area contributed by atoms with E-state index in [0.29, 0.717) is 55.6 Å². The predicted octanol–water partition coefficient (Wildman–Crippen LogP) is 5.46. The molecule has 0 spiro atoms. The number of nitrogens with zero attached hydrogens (tertiary/aromatic N) is 5. The van der Waals surface area contributed by atoms with Gasteiger partial charge in [0.15, 0.2) is 11.6 Å². The van der Waals surface area contributed by atoms with Crippen LogP contribution in [-0.4, -0.2) is 37.0 Å². The Balaban J connectivity index is 1.38. The van der Waals surface area contributed by atoms with E-state index < -0.39 is 0 Å². The van der Waals surface area contributed by atoms with E-state index in [1.54, 1.807) is 80.6 Å². The molecule has 0 bridgehead atoms. The molecule has 0 amide bonds. The van der Waals surface area contributed by atoms with Crippen LogP contribution < -0.4 is 11.1 Å². The lowest BCUT2D eigenvalue weighted by Gasteiger charge is -2.00. The first-order valence-corrected chi connectivity index (χ1v) is 12.3. The third kappa shape index (κ3) is 5.15. The molecule has 9 nitrogen and oxygen atoms in total. The quantitative estimate of drug-likeness (QED) is 0.276. The van der Waals surface area contributed by atoms with Crippen molar-refractivity contribution in [2.24, 2.45) is 9.98 Å².